The van der Waals surface area contributed by atoms with Gasteiger partial charge in [-0.2, -0.15) is 0 Å². The van der Waals surface area contributed by atoms with Crippen LogP contribution in [-0.4, -0.2) is 37.6 Å². The Kier molecular flexibility index (Phi) is 5.71. The molecule has 1 fully saturated rings. The molecule has 25 heavy (non-hydrogen) atoms. The van der Waals surface area contributed by atoms with Gasteiger partial charge in [-0.15, -0.1) is 0 Å². The molecular weight excluding hydrogens is 312 g/mol. The second-order valence-corrected chi connectivity index (χ2v) is 6.49. The zero-order chi connectivity index (χ0) is 17.6. The summed E-state index contributed by atoms with van der Waals surface area (Å²) in [5.41, 5.74) is 3.47. The van der Waals surface area contributed by atoms with Crippen LogP contribution in [0.5, 0.6) is 5.75 Å². The minimum atomic E-state index is -0.00681. The number of carbonyl (C=O) groups excluding carboxylic acids is 1. The SMILES string of the molecule is CNC(=O)C1CCCCN1Cc1ccc(-c2ccccc2OC)cc1. The molecule has 4 heteroatoms. The van der Waals surface area contributed by atoms with Gasteiger partial charge in [-0.3, -0.25) is 9.69 Å². The van der Waals surface area contributed by atoms with Gasteiger partial charge in [0, 0.05) is 19.2 Å². The molecule has 1 saturated heterocycles. The van der Waals surface area contributed by atoms with Crippen molar-refractivity contribution in [2.24, 2.45) is 0 Å². The fraction of sp³-hybridized carbons (Fsp3) is 0.381. The average molecular weight is 338 g/mol. The molecule has 1 unspecified atom stereocenters. The van der Waals surface area contributed by atoms with E-state index in [2.05, 4.69) is 40.5 Å². The number of likely N-dealkylation sites (N-methyl/N-ethyl adjacent to an activating group) is 1. The minimum absolute atomic E-state index is 0.00681. The smallest absolute Gasteiger partial charge is 0.237 e. The molecule has 1 heterocycles. The normalized spacial score (nSPS) is 17.9. The molecule has 1 aliphatic heterocycles. The molecular formula is C21H26N2O2. The number of carbonyl (C=O) groups is 1. The Morgan fingerprint density at radius 1 is 1.16 bits per heavy atom. The Labute approximate surface area is 149 Å². The van der Waals surface area contributed by atoms with Crippen LogP contribution in [0.15, 0.2) is 48.5 Å². The van der Waals surface area contributed by atoms with Crippen molar-refractivity contribution >= 4 is 5.91 Å². The second kappa shape index (κ2) is 8.17. The van der Waals surface area contributed by atoms with Gasteiger partial charge < -0.3 is 10.1 Å². The van der Waals surface area contributed by atoms with E-state index in [-0.39, 0.29) is 11.9 Å². The first kappa shape index (κ1) is 17.5. The quantitative estimate of drug-likeness (QED) is 0.908. The van der Waals surface area contributed by atoms with Gasteiger partial charge in [-0.1, -0.05) is 48.9 Å². The van der Waals surface area contributed by atoms with Gasteiger partial charge in [0.2, 0.25) is 5.91 Å². The number of methoxy groups -OCH3 is 1. The predicted molar refractivity (Wildman–Crippen MR) is 101 cm³/mol. The first-order valence-corrected chi connectivity index (χ1v) is 8.91. The van der Waals surface area contributed by atoms with Gasteiger partial charge in [0.1, 0.15) is 5.75 Å². The van der Waals surface area contributed by atoms with Crippen molar-refractivity contribution in [1.82, 2.24) is 10.2 Å². The lowest BCUT2D eigenvalue weighted by molar-refractivity contribution is -0.127. The largest absolute Gasteiger partial charge is 0.496 e. The van der Waals surface area contributed by atoms with Crippen LogP contribution < -0.4 is 10.1 Å². The van der Waals surface area contributed by atoms with Crippen LogP contribution in [-0.2, 0) is 11.3 Å². The molecule has 1 atom stereocenters. The topological polar surface area (TPSA) is 41.6 Å². The maximum Gasteiger partial charge on any atom is 0.237 e. The summed E-state index contributed by atoms with van der Waals surface area (Å²) in [7, 11) is 3.42. The van der Waals surface area contributed by atoms with Crippen molar-refractivity contribution in [2.75, 3.05) is 20.7 Å². The third-order valence-corrected chi connectivity index (χ3v) is 4.92. The summed E-state index contributed by atoms with van der Waals surface area (Å²) >= 11 is 0. The van der Waals surface area contributed by atoms with E-state index in [1.807, 2.05) is 18.2 Å². The van der Waals surface area contributed by atoms with Crippen molar-refractivity contribution < 1.29 is 9.53 Å². The zero-order valence-electron chi connectivity index (χ0n) is 15.0. The molecule has 132 valence electrons. The van der Waals surface area contributed by atoms with Crippen LogP contribution in [0.25, 0.3) is 11.1 Å². The van der Waals surface area contributed by atoms with E-state index >= 15 is 0 Å². The molecule has 0 aliphatic carbocycles. The average Bonchev–Trinajstić information content (AvgIpc) is 2.68. The fourth-order valence-electron chi connectivity index (χ4n) is 3.55. The molecule has 2 aromatic rings. The third-order valence-electron chi connectivity index (χ3n) is 4.92. The van der Waals surface area contributed by atoms with Crippen LogP contribution in [0.1, 0.15) is 24.8 Å². The number of nitrogens with zero attached hydrogens (tertiary/aromatic N) is 1. The van der Waals surface area contributed by atoms with E-state index in [9.17, 15) is 4.79 Å². The lowest BCUT2D eigenvalue weighted by Gasteiger charge is -2.34. The van der Waals surface area contributed by atoms with Crippen LogP contribution in [0.3, 0.4) is 0 Å². The molecule has 4 nitrogen and oxygen atoms in total. The number of para-hydroxylation sites is 1. The minimum Gasteiger partial charge on any atom is -0.496 e. The molecule has 0 aromatic heterocycles. The van der Waals surface area contributed by atoms with Crippen molar-refractivity contribution in [3.8, 4) is 16.9 Å². The van der Waals surface area contributed by atoms with Crippen molar-refractivity contribution in [3.63, 3.8) is 0 Å². The zero-order valence-corrected chi connectivity index (χ0v) is 15.0. The number of benzene rings is 2. The molecule has 0 saturated carbocycles. The highest BCUT2D eigenvalue weighted by molar-refractivity contribution is 5.81. The number of ether oxygens (including phenoxy) is 1. The Hall–Kier alpha value is -2.33. The van der Waals surface area contributed by atoms with Gasteiger partial charge in [-0.25, -0.2) is 0 Å². The molecule has 1 aliphatic rings. The lowest BCUT2D eigenvalue weighted by atomic mass is 9.99. The summed E-state index contributed by atoms with van der Waals surface area (Å²) in [4.78, 5) is 14.4. The molecule has 1 amide bonds. The van der Waals surface area contributed by atoms with Crippen LogP contribution in [0.2, 0.25) is 0 Å². The van der Waals surface area contributed by atoms with E-state index < -0.39 is 0 Å². The van der Waals surface area contributed by atoms with Gasteiger partial charge in [0.25, 0.3) is 0 Å². The maximum absolute atomic E-state index is 12.1. The number of hydrogen-bond acceptors (Lipinski definition) is 3. The predicted octanol–water partition coefficient (Wildman–Crippen LogP) is 3.46. The Morgan fingerprint density at radius 3 is 2.64 bits per heavy atom. The summed E-state index contributed by atoms with van der Waals surface area (Å²) in [6.45, 7) is 1.79. The summed E-state index contributed by atoms with van der Waals surface area (Å²) < 4.78 is 5.45. The summed E-state index contributed by atoms with van der Waals surface area (Å²) in [6, 6.07) is 16.6. The third kappa shape index (κ3) is 4.02. The Bertz CT molecular complexity index is 712. The molecule has 2 aromatic carbocycles. The number of rotatable bonds is 5. The standard InChI is InChI=1S/C21H26N2O2/c1-22-21(24)19-8-5-6-14-23(19)15-16-10-12-17(13-11-16)18-7-3-4-9-20(18)25-2/h3-4,7,9-13,19H,5-6,8,14-15H2,1-2H3,(H,22,24). The van der Waals surface area contributed by atoms with E-state index in [0.29, 0.717) is 0 Å². The number of amides is 1. The van der Waals surface area contributed by atoms with Crippen LogP contribution >= 0.6 is 0 Å². The van der Waals surface area contributed by atoms with Crippen molar-refractivity contribution in [1.29, 1.82) is 0 Å². The van der Waals surface area contributed by atoms with Crippen molar-refractivity contribution in [3.05, 3.63) is 54.1 Å². The molecule has 3 rings (SSSR count). The van der Waals surface area contributed by atoms with Gasteiger partial charge in [0.05, 0.1) is 13.2 Å². The summed E-state index contributed by atoms with van der Waals surface area (Å²) in [5, 5.41) is 2.80. The van der Waals surface area contributed by atoms with E-state index in [4.69, 9.17) is 4.74 Å². The number of piperidine rings is 1. The monoisotopic (exact) mass is 338 g/mol. The number of nitrogens with one attached hydrogen (secondary N) is 1. The first-order valence-electron chi connectivity index (χ1n) is 8.91. The van der Waals surface area contributed by atoms with E-state index in [1.54, 1.807) is 14.2 Å². The number of likely N-dealkylation sites (tertiary alicyclic amines) is 1. The highest BCUT2D eigenvalue weighted by Crippen LogP contribution is 2.30. The lowest BCUT2D eigenvalue weighted by Crippen LogP contribution is -2.48. The van der Waals surface area contributed by atoms with Gasteiger partial charge in [0.15, 0.2) is 0 Å². The summed E-state index contributed by atoms with van der Waals surface area (Å²) in [5.74, 6) is 1.01. The van der Waals surface area contributed by atoms with Gasteiger partial charge in [-0.05, 0) is 36.6 Å². The summed E-state index contributed by atoms with van der Waals surface area (Å²) in [6.07, 6.45) is 3.23. The van der Waals surface area contributed by atoms with Crippen LogP contribution in [0, 0.1) is 0 Å². The van der Waals surface area contributed by atoms with Crippen molar-refractivity contribution in [2.45, 2.75) is 31.8 Å². The second-order valence-electron chi connectivity index (χ2n) is 6.49. The van der Waals surface area contributed by atoms with Gasteiger partial charge >= 0.3 is 0 Å². The van der Waals surface area contributed by atoms with Crippen LogP contribution in [0.4, 0.5) is 0 Å². The molecule has 0 radical (unpaired) electrons. The Balaban J connectivity index is 1.75. The number of hydrogen-bond donors (Lipinski definition) is 1. The van der Waals surface area contributed by atoms with E-state index in [0.717, 1.165) is 49.2 Å². The molecule has 0 bridgehead atoms. The first-order chi connectivity index (χ1) is 12.2. The maximum atomic E-state index is 12.1. The molecule has 0 spiro atoms. The van der Waals surface area contributed by atoms with E-state index in [1.165, 1.54) is 5.56 Å². The Morgan fingerprint density at radius 2 is 1.92 bits per heavy atom. The fourth-order valence-corrected chi connectivity index (χ4v) is 3.55. The highest BCUT2D eigenvalue weighted by Gasteiger charge is 2.27. The highest BCUT2D eigenvalue weighted by atomic mass is 16.5. The molecule has 1 N–H and O–H groups in total.